The molecule has 19 heavy (non-hydrogen) atoms. The minimum absolute atomic E-state index is 0.0102. The van der Waals surface area contributed by atoms with Gasteiger partial charge in [0.25, 0.3) is 0 Å². The zero-order valence-electron chi connectivity index (χ0n) is 9.54. The number of halogens is 1. The van der Waals surface area contributed by atoms with E-state index in [1.807, 2.05) is 0 Å². The predicted molar refractivity (Wildman–Crippen MR) is 69.2 cm³/mol. The molecule has 2 rings (SSSR count). The van der Waals surface area contributed by atoms with E-state index in [4.69, 9.17) is 9.15 Å². The van der Waals surface area contributed by atoms with Crippen molar-refractivity contribution in [3.63, 3.8) is 0 Å². The zero-order chi connectivity index (χ0) is 13.8. The van der Waals surface area contributed by atoms with Gasteiger partial charge in [-0.3, -0.25) is 14.9 Å². The Morgan fingerprint density at radius 2 is 2.16 bits per heavy atom. The summed E-state index contributed by atoms with van der Waals surface area (Å²) in [6, 6.07) is 7.57. The van der Waals surface area contributed by atoms with Gasteiger partial charge in [0.15, 0.2) is 17.8 Å². The van der Waals surface area contributed by atoms with Gasteiger partial charge < -0.3 is 9.15 Å². The highest BCUT2D eigenvalue weighted by atomic mass is 79.9. The van der Waals surface area contributed by atoms with Crippen molar-refractivity contribution in [2.24, 2.45) is 0 Å². The molecule has 1 aromatic heterocycles. The molecule has 0 atom stereocenters. The fraction of sp³-hybridized carbons (Fsp3) is 0.0833. The van der Waals surface area contributed by atoms with Gasteiger partial charge in [0.1, 0.15) is 12.4 Å². The van der Waals surface area contributed by atoms with Crippen molar-refractivity contribution >= 4 is 27.9 Å². The van der Waals surface area contributed by atoms with Crippen molar-refractivity contribution in [2.75, 3.05) is 0 Å². The van der Waals surface area contributed by atoms with Gasteiger partial charge in [0, 0.05) is 10.5 Å². The lowest BCUT2D eigenvalue weighted by Crippen LogP contribution is -1.98. The number of furan rings is 1. The van der Waals surface area contributed by atoms with Crippen LogP contribution >= 0.6 is 15.9 Å². The number of nitro benzene ring substituents is 1. The maximum atomic E-state index is 10.9. The Kier molecular flexibility index (Phi) is 3.96. The van der Waals surface area contributed by atoms with E-state index in [0.717, 1.165) is 0 Å². The zero-order valence-corrected chi connectivity index (χ0v) is 11.1. The molecule has 0 spiro atoms. The van der Waals surface area contributed by atoms with E-state index in [1.54, 1.807) is 12.1 Å². The first-order valence-electron chi connectivity index (χ1n) is 5.21. The molecule has 98 valence electrons. The SMILES string of the molecule is O=Cc1ccc(COc2ccc(Br)cc2[N+](=O)[O-])o1. The van der Waals surface area contributed by atoms with Crippen LogP contribution in [0, 0.1) is 10.1 Å². The van der Waals surface area contributed by atoms with Gasteiger partial charge in [0.2, 0.25) is 0 Å². The highest BCUT2D eigenvalue weighted by Crippen LogP contribution is 2.30. The first kappa shape index (κ1) is 13.3. The average molecular weight is 326 g/mol. The second-order valence-corrected chi connectivity index (χ2v) is 4.50. The molecule has 0 aliphatic heterocycles. The summed E-state index contributed by atoms with van der Waals surface area (Å²) in [5, 5.41) is 10.9. The average Bonchev–Trinajstić information content (AvgIpc) is 2.85. The number of hydrogen-bond donors (Lipinski definition) is 0. The summed E-state index contributed by atoms with van der Waals surface area (Å²) >= 11 is 3.16. The van der Waals surface area contributed by atoms with Crippen molar-refractivity contribution in [3.05, 3.63) is 56.4 Å². The number of nitrogens with zero attached hydrogens (tertiary/aromatic N) is 1. The maximum Gasteiger partial charge on any atom is 0.312 e. The Balaban J connectivity index is 2.14. The first-order chi connectivity index (χ1) is 9.10. The normalized spacial score (nSPS) is 10.2. The second kappa shape index (κ2) is 5.66. The molecule has 0 bridgehead atoms. The minimum atomic E-state index is -0.529. The number of aldehydes is 1. The van der Waals surface area contributed by atoms with Crippen molar-refractivity contribution in [1.82, 2.24) is 0 Å². The number of benzene rings is 1. The van der Waals surface area contributed by atoms with Crippen LogP contribution in [0.2, 0.25) is 0 Å². The number of carbonyl (C=O) groups is 1. The summed E-state index contributed by atoms with van der Waals surface area (Å²) in [5.74, 6) is 0.737. The van der Waals surface area contributed by atoms with Crippen LogP contribution in [-0.2, 0) is 6.61 Å². The molecule has 0 fully saturated rings. The van der Waals surface area contributed by atoms with E-state index in [-0.39, 0.29) is 23.8 Å². The van der Waals surface area contributed by atoms with Crippen LogP contribution in [0.1, 0.15) is 16.3 Å². The van der Waals surface area contributed by atoms with Gasteiger partial charge >= 0.3 is 5.69 Å². The highest BCUT2D eigenvalue weighted by Gasteiger charge is 2.16. The summed E-state index contributed by atoms with van der Waals surface area (Å²) in [4.78, 5) is 20.8. The molecule has 0 radical (unpaired) electrons. The van der Waals surface area contributed by atoms with Gasteiger partial charge in [-0.05, 0) is 24.3 Å². The summed E-state index contributed by atoms with van der Waals surface area (Å²) in [7, 11) is 0. The Bertz CT molecular complexity index is 622. The van der Waals surface area contributed by atoms with Crippen LogP contribution in [0.5, 0.6) is 5.75 Å². The van der Waals surface area contributed by atoms with Crippen molar-refractivity contribution < 1.29 is 18.9 Å². The molecular formula is C12H8BrNO5. The lowest BCUT2D eigenvalue weighted by molar-refractivity contribution is -0.386. The molecule has 0 N–H and O–H groups in total. The quantitative estimate of drug-likeness (QED) is 0.478. The van der Waals surface area contributed by atoms with E-state index >= 15 is 0 Å². The molecule has 0 saturated carbocycles. The van der Waals surface area contributed by atoms with Crippen LogP contribution in [0.25, 0.3) is 0 Å². The minimum Gasteiger partial charge on any atom is -0.479 e. The highest BCUT2D eigenvalue weighted by molar-refractivity contribution is 9.10. The number of ether oxygens (including phenoxy) is 1. The molecule has 0 saturated heterocycles. The Morgan fingerprint density at radius 1 is 1.37 bits per heavy atom. The maximum absolute atomic E-state index is 10.9. The third-order valence-electron chi connectivity index (χ3n) is 2.29. The van der Waals surface area contributed by atoms with E-state index in [9.17, 15) is 14.9 Å². The Hall–Kier alpha value is -2.15. The van der Waals surface area contributed by atoms with Crippen molar-refractivity contribution in [1.29, 1.82) is 0 Å². The number of carbonyl (C=O) groups excluding carboxylic acids is 1. The van der Waals surface area contributed by atoms with Crippen LogP contribution in [0.4, 0.5) is 5.69 Å². The Morgan fingerprint density at radius 3 is 2.79 bits per heavy atom. The van der Waals surface area contributed by atoms with Crippen LogP contribution in [0.3, 0.4) is 0 Å². The Labute approximate surface area is 116 Å². The van der Waals surface area contributed by atoms with Crippen LogP contribution in [0.15, 0.2) is 39.2 Å². The lowest BCUT2D eigenvalue weighted by atomic mass is 10.3. The van der Waals surface area contributed by atoms with Gasteiger partial charge in [0.05, 0.1) is 4.92 Å². The molecule has 0 aliphatic rings. The largest absolute Gasteiger partial charge is 0.479 e. The molecule has 1 heterocycles. The first-order valence-corrected chi connectivity index (χ1v) is 6.00. The number of nitro groups is 1. The van der Waals surface area contributed by atoms with Crippen LogP contribution < -0.4 is 4.74 Å². The fourth-order valence-electron chi connectivity index (χ4n) is 1.44. The van der Waals surface area contributed by atoms with E-state index in [1.165, 1.54) is 18.2 Å². The summed E-state index contributed by atoms with van der Waals surface area (Å²) in [6.07, 6.45) is 0.575. The van der Waals surface area contributed by atoms with E-state index in [2.05, 4.69) is 15.9 Å². The monoisotopic (exact) mass is 325 g/mol. The predicted octanol–water partition coefficient (Wildman–Crippen LogP) is 3.34. The molecule has 7 heteroatoms. The standard InChI is InChI=1S/C12H8BrNO5/c13-8-1-4-12(11(5-8)14(16)17)18-7-10-3-2-9(6-15)19-10/h1-6H,7H2. The van der Waals surface area contributed by atoms with Gasteiger partial charge in [-0.25, -0.2) is 0 Å². The van der Waals surface area contributed by atoms with Crippen LogP contribution in [-0.4, -0.2) is 11.2 Å². The summed E-state index contributed by atoms with van der Waals surface area (Å²) < 4.78 is 11.0. The molecule has 1 aromatic carbocycles. The lowest BCUT2D eigenvalue weighted by Gasteiger charge is -2.05. The van der Waals surface area contributed by atoms with Crippen molar-refractivity contribution in [3.8, 4) is 5.75 Å². The molecule has 0 amide bonds. The van der Waals surface area contributed by atoms with Crippen molar-refractivity contribution in [2.45, 2.75) is 6.61 Å². The topological polar surface area (TPSA) is 82.6 Å². The van der Waals surface area contributed by atoms with Gasteiger partial charge in [-0.2, -0.15) is 0 Å². The second-order valence-electron chi connectivity index (χ2n) is 3.58. The third-order valence-corrected chi connectivity index (χ3v) is 2.78. The molecule has 6 nitrogen and oxygen atoms in total. The summed E-state index contributed by atoms with van der Waals surface area (Å²) in [6.45, 7) is 0.0102. The molecular weight excluding hydrogens is 318 g/mol. The van der Waals surface area contributed by atoms with E-state index in [0.29, 0.717) is 16.5 Å². The van der Waals surface area contributed by atoms with Gasteiger partial charge in [-0.1, -0.05) is 15.9 Å². The van der Waals surface area contributed by atoms with Gasteiger partial charge in [-0.15, -0.1) is 0 Å². The number of hydrogen-bond acceptors (Lipinski definition) is 5. The fourth-order valence-corrected chi connectivity index (χ4v) is 1.79. The van der Waals surface area contributed by atoms with E-state index < -0.39 is 4.92 Å². The third kappa shape index (κ3) is 3.19. The molecule has 0 aliphatic carbocycles. The molecule has 0 unspecified atom stereocenters. The number of rotatable bonds is 5. The molecule has 2 aromatic rings. The smallest absolute Gasteiger partial charge is 0.312 e. The summed E-state index contributed by atoms with van der Waals surface area (Å²) in [5.41, 5.74) is -0.142.